The molecule has 1 aliphatic carbocycles. The van der Waals surface area contributed by atoms with Gasteiger partial charge < -0.3 is 10.6 Å². The van der Waals surface area contributed by atoms with E-state index in [2.05, 4.69) is 24.5 Å². The lowest BCUT2D eigenvalue weighted by atomic mass is 9.89. The molecule has 2 rings (SSSR count). The first-order chi connectivity index (χ1) is 6.31. The van der Waals surface area contributed by atoms with Crippen molar-refractivity contribution in [3.05, 3.63) is 0 Å². The largest absolute Gasteiger partial charge is 0.316 e. The molecule has 3 unspecified atom stereocenters. The van der Waals surface area contributed by atoms with Gasteiger partial charge in [0.05, 0.1) is 0 Å². The molecule has 76 valence electrons. The quantitative estimate of drug-likeness (QED) is 0.668. The Bertz CT molecular complexity index is 165. The lowest BCUT2D eigenvalue weighted by Gasteiger charge is -2.32. The summed E-state index contributed by atoms with van der Waals surface area (Å²) < 4.78 is 0. The van der Waals surface area contributed by atoms with E-state index in [0.717, 1.165) is 23.8 Å². The summed E-state index contributed by atoms with van der Waals surface area (Å²) in [6.07, 6.45) is 2.78. The van der Waals surface area contributed by atoms with Crippen LogP contribution >= 0.6 is 0 Å². The molecule has 1 saturated carbocycles. The topological polar surface area (TPSA) is 24.1 Å². The standard InChI is InChI=1S/C11H22N2/c1-3-9-4-11(9)13-5-8(2)10-6-12-7-10/h8-13H,3-7H2,1-2H3. The molecule has 13 heavy (non-hydrogen) atoms. The van der Waals surface area contributed by atoms with Crippen molar-refractivity contribution in [2.45, 2.75) is 32.7 Å². The minimum absolute atomic E-state index is 0.861. The summed E-state index contributed by atoms with van der Waals surface area (Å²) in [7, 11) is 0. The molecule has 2 nitrogen and oxygen atoms in total. The van der Waals surface area contributed by atoms with Crippen molar-refractivity contribution < 1.29 is 0 Å². The third kappa shape index (κ3) is 2.23. The van der Waals surface area contributed by atoms with Crippen LogP contribution in [-0.4, -0.2) is 25.7 Å². The number of nitrogens with one attached hydrogen (secondary N) is 2. The van der Waals surface area contributed by atoms with Crippen molar-refractivity contribution in [1.29, 1.82) is 0 Å². The van der Waals surface area contributed by atoms with Gasteiger partial charge in [0.2, 0.25) is 0 Å². The molecule has 0 radical (unpaired) electrons. The zero-order valence-electron chi connectivity index (χ0n) is 8.84. The van der Waals surface area contributed by atoms with E-state index in [4.69, 9.17) is 0 Å². The van der Waals surface area contributed by atoms with Crippen molar-refractivity contribution in [2.24, 2.45) is 17.8 Å². The highest BCUT2D eigenvalue weighted by Gasteiger charge is 2.35. The second-order valence-corrected chi connectivity index (χ2v) is 4.81. The number of hydrogen-bond donors (Lipinski definition) is 2. The summed E-state index contributed by atoms with van der Waals surface area (Å²) >= 11 is 0. The lowest BCUT2D eigenvalue weighted by molar-refractivity contribution is 0.241. The van der Waals surface area contributed by atoms with Crippen LogP contribution in [0.3, 0.4) is 0 Å². The van der Waals surface area contributed by atoms with E-state index in [1.54, 1.807) is 0 Å². The molecule has 2 N–H and O–H groups in total. The van der Waals surface area contributed by atoms with Crippen molar-refractivity contribution in [3.63, 3.8) is 0 Å². The van der Waals surface area contributed by atoms with E-state index in [1.165, 1.54) is 32.5 Å². The third-order valence-corrected chi connectivity index (χ3v) is 3.77. The lowest BCUT2D eigenvalue weighted by Crippen LogP contribution is -2.47. The Labute approximate surface area is 81.5 Å². The fourth-order valence-corrected chi connectivity index (χ4v) is 2.17. The van der Waals surface area contributed by atoms with Gasteiger partial charge in [-0.05, 0) is 43.8 Å². The normalized spacial score (nSPS) is 35.5. The van der Waals surface area contributed by atoms with Crippen LogP contribution in [0.2, 0.25) is 0 Å². The molecule has 0 aromatic carbocycles. The van der Waals surface area contributed by atoms with Gasteiger partial charge in [-0.15, -0.1) is 0 Å². The summed E-state index contributed by atoms with van der Waals surface area (Å²) in [6.45, 7) is 8.39. The Morgan fingerprint density at radius 1 is 1.46 bits per heavy atom. The summed E-state index contributed by atoms with van der Waals surface area (Å²) in [4.78, 5) is 0. The first-order valence-corrected chi connectivity index (χ1v) is 5.75. The minimum Gasteiger partial charge on any atom is -0.316 e. The molecule has 0 spiro atoms. The maximum Gasteiger partial charge on any atom is 0.00991 e. The monoisotopic (exact) mass is 182 g/mol. The summed E-state index contributed by atoms with van der Waals surface area (Å²) in [5, 5.41) is 7.02. The van der Waals surface area contributed by atoms with Gasteiger partial charge in [-0.3, -0.25) is 0 Å². The van der Waals surface area contributed by atoms with Gasteiger partial charge in [0.15, 0.2) is 0 Å². The molecule has 1 aliphatic heterocycles. The fourth-order valence-electron chi connectivity index (χ4n) is 2.17. The zero-order valence-corrected chi connectivity index (χ0v) is 8.84. The van der Waals surface area contributed by atoms with Gasteiger partial charge in [-0.1, -0.05) is 20.3 Å². The van der Waals surface area contributed by atoms with E-state index in [9.17, 15) is 0 Å². The molecule has 2 heteroatoms. The van der Waals surface area contributed by atoms with E-state index in [1.807, 2.05) is 0 Å². The van der Waals surface area contributed by atoms with Gasteiger partial charge in [0, 0.05) is 6.04 Å². The van der Waals surface area contributed by atoms with Crippen LogP contribution in [0, 0.1) is 17.8 Å². The predicted molar refractivity (Wildman–Crippen MR) is 55.7 cm³/mol. The summed E-state index contributed by atoms with van der Waals surface area (Å²) in [5.41, 5.74) is 0. The summed E-state index contributed by atoms with van der Waals surface area (Å²) in [6, 6.07) is 0.862. The minimum atomic E-state index is 0.861. The van der Waals surface area contributed by atoms with Gasteiger partial charge >= 0.3 is 0 Å². The molecule has 3 atom stereocenters. The van der Waals surface area contributed by atoms with Gasteiger partial charge in [-0.25, -0.2) is 0 Å². The molecule has 1 heterocycles. The first kappa shape index (κ1) is 9.47. The van der Waals surface area contributed by atoms with Crippen LogP contribution in [0.15, 0.2) is 0 Å². The molecular weight excluding hydrogens is 160 g/mol. The van der Waals surface area contributed by atoms with Crippen molar-refractivity contribution in [1.82, 2.24) is 10.6 Å². The molecule has 0 aromatic heterocycles. The highest BCUT2D eigenvalue weighted by Crippen LogP contribution is 2.33. The number of hydrogen-bond acceptors (Lipinski definition) is 2. The zero-order chi connectivity index (χ0) is 9.26. The van der Waals surface area contributed by atoms with Crippen LogP contribution in [-0.2, 0) is 0 Å². The molecule has 1 saturated heterocycles. The van der Waals surface area contributed by atoms with Crippen LogP contribution in [0.5, 0.6) is 0 Å². The molecule has 0 aromatic rings. The second-order valence-electron chi connectivity index (χ2n) is 4.81. The Kier molecular flexibility index (Phi) is 2.89. The van der Waals surface area contributed by atoms with Crippen LogP contribution < -0.4 is 10.6 Å². The average molecular weight is 182 g/mol. The first-order valence-electron chi connectivity index (χ1n) is 5.75. The van der Waals surface area contributed by atoms with Crippen LogP contribution in [0.4, 0.5) is 0 Å². The average Bonchev–Trinajstić information content (AvgIpc) is 2.76. The van der Waals surface area contributed by atoms with Gasteiger partial charge in [0.1, 0.15) is 0 Å². The van der Waals surface area contributed by atoms with Crippen LogP contribution in [0.25, 0.3) is 0 Å². The van der Waals surface area contributed by atoms with Crippen molar-refractivity contribution in [2.75, 3.05) is 19.6 Å². The van der Waals surface area contributed by atoms with Gasteiger partial charge in [-0.2, -0.15) is 0 Å². The molecule has 2 aliphatic rings. The maximum atomic E-state index is 3.68. The molecule has 0 amide bonds. The smallest absolute Gasteiger partial charge is 0.00991 e. The Balaban J connectivity index is 1.57. The number of rotatable bonds is 5. The van der Waals surface area contributed by atoms with Crippen LogP contribution in [0.1, 0.15) is 26.7 Å². The Morgan fingerprint density at radius 3 is 2.69 bits per heavy atom. The second kappa shape index (κ2) is 3.97. The van der Waals surface area contributed by atoms with E-state index in [-0.39, 0.29) is 0 Å². The van der Waals surface area contributed by atoms with Crippen molar-refractivity contribution in [3.8, 4) is 0 Å². The molecular formula is C11H22N2. The Hall–Kier alpha value is -0.0800. The fraction of sp³-hybridized carbons (Fsp3) is 1.00. The predicted octanol–water partition coefficient (Wildman–Crippen LogP) is 1.23. The molecule has 2 fully saturated rings. The Morgan fingerprint density at radius 2 is 2.23 bits per heavy atom. The van der Waals surface area contributed by atoms with E-state index in [0.29, 0.717) is 0 Å². The maximum absolute atomic E-state index is 3.68. The summed E-state index contributed by atoms with van der Waals surface area (Å²) in [5.74, 6) is 2.79. The van der Waals surface area contributed by atoms with E-state index < -0.39 is 0 Å². The SMILES string of the molecule is CCC1CC1NCC(C)C1CNC1. The van der Waals surface area contributed by atoms with Crippen molar-refractivity contribution >= 4 is 0 Å². The third-order valence-electron chi connectivity index (χ3n) is 3.77. The highest BCUT2D eigenvalue weighted by molar-refractivity contribution is 4.93. The van der Waals surface area contributed by atoms with E-state index >= 15 is 0 Å². The highest BCUT2D eigenvalue weighted by atomic mass is 15.0. The molecule has 0 bridgehead atoms. The van der Waals surface area contributed by atoms with Gasteiger partial charge in [0.25, 0.3) is 0 Å².